The molecule has 0 aromatic heterocycles. The van der Waals surface area contributed by atoms with Crippen molar-refractivity contribution in [3.8, 4) is 5.75 Å². The summed E-state index contributed by atoms with van der Waals surface area (Å²) in [5.41, 5.74) is 0.643. The van der Waals surface area contributed by atoms with Gasteiger partial charge in [0, 0.05) is 6.04 Å². The molecule has 0 heterocycles. The number of fused-ring (bicyclic) bond motifs is 3. The van der Waals surface area contributed by atoms with Crippen LogP contribution in [0.15, 0.2) is 36.4 Å². The van der Waals surface area contributed by atoms with E-state index in [1.54, 1.807) is 7.11 Å². The van der Waals surface area contributed by atoms with Gasteiger partial charge < -0.3 is 10.1 Å². The summed E-state index contributed by atoms with van der Waals surface area (Å²) in [5, 5.41) is 5.41. The molecule has 1 N–H and O–H groups in total. The number of rotatable bonds is 3. The fourth-order valence-corrected chi connectivity index (χ4v) is 4.23. The van der Waals surface area contributed by atoms with E-state index in [4.69, 9.17) is 4.74 Å². The smallest absolute Gasteiger partial charge is 0.255 e. The average Bonchev–Trinajstić information content (AvgIpc) is 3.16. The van der Waals surface area contributed by atoms with Crippen molar-refractivity contribution in [2.45, 2.75) is 31.7 Å². The monoisotopic (exact) mass is 295 g/mol. The number of benzene rings is 2. The lowest BCUT2D eigenvalue weighted by Gasteiger charge is -2.23. The van der Waals surface area contributed by atoms with Crippen molar-refractivity contribution in [3.05, 3.63) is 42.0 Å². The topological polar surface area (TPSA) is 38.3 Å². The predicted molar refractivity (Wildman–Crippen MR) is 87.2 cm³/mol. The van der Waals surface area contributed by atoms with Crippen molar-refractivity contribution in [1.82, 2.24) is 5.32 Å². The third-order valence-electron chi connectivity index (χ3n) is 5.37. The molecule has 1 amide bonds. The Morgan fingerprint density at radius 3 is 2.55 bits per heavy atom. The summed E-state index contributed by atoms with van der Waals surface area (Å²) in [6.45, 7) is 0. The van der Waals surface area contributed by atoms with Crippen LogP contribution in [0.1, 0.15) is 36.0 Å². The van der Waals surface area contributed by atoms with Crippen LogP contribution in [-0.2, 0) is 0 Å². The molecular formula is C19H21NO2. The zero-order valence-corrected chi connectivity index (χ0v) is 12.8. The maximum Gasteiger partial charge on any atom is 0.255 e. The number of carbonyl (C=O) groups is 1. The maximum absolute atomic E-state index is 12.7. The summed E-state index contributed by atoms with van der Waals surface area (Å²) < 4.78 is 5.44. The molecule has 3 nitrogen and oxygen atoms in total. The van der Waals surface area contributed by atoms with Gasteiger partial charge in [-0.25, -0.2) is 0 Å². The number of ether oxygens (including phenoxy) is 1. The zero-order chi connectivity index (χ0) is 15.1. The Hall–Kier alpha value is -2.03. The molecule has 0 radical (unpaired) electrons. The van der Waals surface area contributed by atoms with Gasteiger partial charge in [-0.05, 0) is 54.0 Å². The second kappa shape index (κ2) is 5.31. The molecule has 3 atom stereocenters. The van der Waals surface area contributed by atoms with Crippen LogP contribution in [0.5, 0.6) is 5.75 Å². The van der Waals surface area contributed by atoms with Crippen LogP contribution in [0.2, 0.25) is 0 Å². The van der Waals surface area contributed by atoms with Gasteiger partial charge in [-0.2, -0.15) is 0 Å². The highest BCUT2D eigenvalue weighted by Gasteiger charge is 2.40. The van der Waals surface area contributed by atoms with E-state index in [0.29, 0.717) is 23.3 Å². The fourth-order valence-electron chi connectivity index (χ4n) is 4.23. The van der Waals surface area contributed by atoms with Crippen molar-refractivity contribution in [1.29, 1.82) is 0 Å². The fraction of sp³-hybridized carbons (Fsp3) is 0.421. The lowest BCUT2D eigenvalue weighted by Crippen LogP contribution is -2.38. The minimum atomic E-state index is 0.000142. The van der Waals surface area contributed by atoms with E-state index >= 15 is 0 Å². The Morgan fingerprint density at radius 2 is 1.91 bits per heavy atom. The summed E-state index contributed by atoms with van der Waals surface area (Å²) in [6, 6.07) is 12.3. The van der Waals surface area contributed by atoms with E-state index in [0.717, 1.165) is 23.1 Å². The molecule has 114 valence electrons. The minimum Gasteiger partial charge on any atom is -0.496 e. The molecule has 2 fully saturated rings. The molecule has 4 rings (SSSR count). The molecule has 0 spiro atoms. The van der Waals surface area contributed by atoms with Crippen LogP contribution in [0.25, 0.3) is 10.8 Å². The van der Waals surface area contributed by atoms with Gasteiger partial charge in [0.1, 0.15) is 5.75 Å². The molecule has 22 heavy (non-hydrogen) atoms. The Bertz CT molecular complexity index is 724. The van der Waals surface area contributed by atoms with Crippen LogP contribution in [0, 0.1) is 11.8 Å². The van der Waals surface area contributed by atoms with E-state index in [9.17, 15) is 4.79 Å². The van der Waals surface area contributed by atoms with Gasteiger partial charge in [0.2, 0.25) is 0 Å². The van der Waals surface area contributed by atoms with Gasteiger partial charge in [0.15, 0.2) is 0 Å². The summed E-state index contributed by atoms with van der Waals surface area (Å²) in [5.74, 6) is 2.16. The van der Waals surface area contributed by atoms with Crippen molar-refractivity contribution >= 4 is 16.7 Å². The lowest BCUT2D eigenvalue weighted by molar-refractivity contribution is 0.0920. The van der Waals surface area contributed by atoms with E-state index < -0.39 is 0 Å². The molecule has 2 aromatic rings. The maximum atomic E-state index is 12.7. The number of amides is 1. The molecule has 2 bridgehead atoms. The molecule has 0 aliphatic heterocycles. The summed E-state index contributed by atoms with van der Waals surface area (Å²) in [6.07, 6.45) is 5.05. The van der Waals surface area contributed by atoms with Crippen molar-refractivity contribution in [2.75, 3.05) is 7.11 Å². The second-order valence-electron chi connectivity index (χ2n) is 6.65. The van der Waals surface area contributed by atoms with Crippen LogP contribution in [0.3, 0.4) is 0 Å². The summed E-state index contributed by atoms with van der Waals surface area (Å²) >= 11 is 0. The van der Waals surface area contributed by atoms with E-state index in [2.05, 4.69) is 5.32 Å². The third kappa shape index (κ3) is 2.25. The predicted octanol–water partition coefficient (Wildman–Crippen LogP) is 3.77. The van der Waals surface area contributed by atoms with Crippen molar-refractivity contribution in [2.24, 2.45) is 11.8 Å². The summed E-state index contributed by atoms with van der Waals surface area (Å²) in [4.78, 5) is 12.7. The first-order valence-corrected chi connectivity index (χ1v) is 8.12. The quantitative estimate of drug-likeness (QED) is 0.936. The van der Waals surface area contributed by atoms with Gasteiger partial charge in [-0.15, -0.1) is 0 Å². The average molecular weight is 295 g/mol. The molecule has 0 saturated heterocycles. The second-order valence-corrected chi connectivity index (χ2v) is 6.65. The first kappa shape index (κ1) is 13.6. The number of carbonyl (C=O) groups excluding carboxylic acids is 1. The SMILES string of the molecule is COc1cc2ccccc2cc1C(=O)N[C@H]1C[C@@H]2CC[C@@H]1C2. The van der Waals surface area contributed by atoms with Gasteiger partial charge in [0.25, 0.3) is 5.91 Å². The first-order valence-electron chi connectivity index (χ1n) is 8.12. The lowest BCUT2D eigenvalue weighted by atomic mass is 9.95. The normalized spacial score (nSPS) is 26.3. The largest absolute Gasteiger partial charge is 0.496 e. The third-order valence-corrected chi connectivity index (χ3v) is 5.37. The van der Waals surface area contributed by atoms with Gasteiger partial charge in [-0.1, -0.05) is 30.7 Å². The molecule has 2 aliphatic carbocycles. The van der Waals surface area contributed by atoms with Gasteiger partial charge in [-0.3, -0.25) is 4.79 Å². The molecule has 2 aromatic carbocycles. The van der Waals surface area contributed by atoms with Crippen LogP contribution < -0.4 is 10.1 Å². The van der Waals surface area contributed by atoms with Gasteiger partial charge in [0.05, 0.1) is 12.7 Å². The van der Waals surface area contributed by atoms with E-state index in [1.807, 2.05) is 36.4 Å². The van der Waals surface area contributed by atoms with Crippen molar-refractivity contribution in [3.63, 3.8) is 0 Å². The Kier molecular flexibility index (Phi) is 3.29. The molecule has 2 saturated carbocycles. The van der Waals surface area contributed by atoms with Crippen LogP contribution in [0.4, 0.5) is 0 Å². The molecular weight excluding hydrogens is 274 g/mol. The standard InChI is InChI=1S/C19H21NO2/c1-22-18-11-14-5-3-2-4-13(14)10-16(18)19(21)20-17-9-12-6-7-15(17)8-12/h2-5,10-12,15,17H,6-9H2,1H3,(H,20,21)/t12-,15-,17+/m1/s1. The number of hydrogen-bond donors (Lipinski definition) is 1. The first-order chi connectivity index (χ1) is 10.7. The van der Waals surface area contributed by atoms with Gasteiger partial charge >= 0.3 is 0 Å². The number of hydrogen-bond acceptors (Lipinski definition) is 2. The molecule has 3 heteroatoms. The van der Waals surface area contributed by atoms with Crippen LogP contribution in [-0.4, -0.2) is 19.1 Å². The zero-order valence-electron chi connectivity index (χ0n) is 12.8. The number of nitrogens with one attached hydrogen (secondary N) is 1. The highest BCUT2D eigenvalue weighted by molar-refractivity contribution is 6.01. The van der Waals surface area contributed by atoms with Crippen molar-refractivity contribution < 1.29 is 9.53 Å². The minimum absolute atomic E-state index is 0.000142. The Balaban J connectivity index is 1.63. The molecule has 0 unspecified atom stereocenters. The highest BCUT2D eigenvalue weighted by Crippen LogP contribution is 2.44. The van der Waals surface area contributed by atoms with E-state index in [-0.39, 0.29) is 5.91 Å². The Morgan fingerprint density at radius 1 is 1.14 bits per heavy atom. The highest BCUT2D eigenvalue weighted by atomic mass is 16.5. The summed E-state index contributed by atoms with van der Waals surface area (Å²) in [7, 11) is 1.62. The number of methoxy groups -OCH3 is 1. The van der Waals surface area contributed by atoms with Crippen LogP contribution >= 0.6 is 0 Å². The molecule has 2 aliphatic rings. The Labute approximate surface area is 130 Å². The van der Waals surface area contributed by atoms with E-state index in [1.165, 1.54) is 19.3 Å².